The van der Waals surface area contributed by atoms with Crippen molar-refractivity contribution in [3.8, 4) is 0 Å². The molecular weight excluding hydrogens is 784 g/mol. The lowest BCUT2D eigenvalue weighted by atomic mass is 10.0. The second-order valence-corrected chi connectivity index (χ2v) is 12.9. The van der Waals surface area contributed by atoms with Gasteiger partial charge in [0.25, 0.3) is 0 Å². The van der Waals surface area contributed by atoms with Crippen LogP contribution in [0.25, 0.3) is 0 Å². The maximum atomic E-state index is 13.7. The number of carbonyl (C=O) groups excluding carboxylic acids is 2. The summed E-state index contributed by atoms with van der Waals surface area (Å²) in [4.78, 5) is 27.3. The average Bonchev–Trinajstić information content (AvgIpc) is 3.74. The summed E-state index contributed by atoms with van der Waals surface area (Å²) in [6, 6.07) is 0.368. The first kappa shape index (κ1) is 41.9. The van der Waals surface area contributed by atoms with E-state index < -0.39 is 82.8 Å². The predicted octanol–water partition coefficient (Wildman–Crippen LogP) is 4.03. The van der Waals surface area contributed by atoms with Crippen molar-refractivity contribution in [3.05, 3.63) is 93.6 Å². The van der Waals surface area contributed by atoms with Crippen LogP contribution in [-0.2, 0) is 61.0 Å². The average molecular weight is 815 g/mol. The minimum Gasteiger partial charge on any atom is -0.333 e. The zero-order valence-electron chi connectivity index (χ0n) is 28.6. The van der Waals surface area contributed by atoms with E-state index >= 15 is 0 Å². The number of fused-ring (bicyclic) bond motifs is 2. The number of carbonyl (C=O) groups is 2. The normalized spacial score (nSPS) is 15.5. The lowest BCUT2D eigenvalue weighted by Gasteiger charge is -2.29. The largest absolute Gasteiger partial charge is 0.451 e. The third kappa shape index (κ3) is 9.75. The molecular formula is C32H30F12N10O2. The minimum absolute atomic E-state index is 0.000783. The molecule has 24 heteroatoms. The number of nitrogens with zero attached hydrogens (tertiary/aromatic N) is 8. The van der Waals surface area contributed by atoms with E-state index in [-0.39, 0.29) is 87.7 Å². The number of hydrogen-bond acceptors (Lipinski definition) is 8. The molecule has 0 fully saturated rings. The second kappa shape index (κ2) is 16.5. The topological polar surface area (TPSA) is 154 Å². The number of hydrogen-bond donors (Lipinski definition) is 2. The molecule has 6 rings (SSSR count). The van der Waals surface area contributed by atoms with Crippen molar-refractivity contribution in [1.82, 2.24) is 39.3 Å². The van der Waals surface area contributed by atoms with E-state index in [0.29, 0.717) is 24.3 Å². The Bertz CT molecular complexity index is 1940. The number of halogens is 12. The summed E-state index contributed by atoms with van der Waals surface area (Å²) in [5, 5.41) is 13.2. The number of amides is 2. The zero-order valence-corrected chi connectivity index (χ0v) is 28.6. The van der Waals surface area contributed by atoms with Crippen LogP contribution in [0.3, 0.4) is 0 Å². The van der Waals surface area contributed by atoms with Gasteiger partial charge in [0.2, 0.25) is 23.5 Å². The maximum absolute atomic E-state index is 13.7. The number of nitrogens with two attached hydrogens (primary N) is 2. The van der Waals surface area contributed by atoms with Crippen molar-refractivity contribution in [2.75, 3.05) is 13.1 Å². The lowest BCUT2D eigenvalue weighted by molar-refractivity contribution is -0.149. The molecule has 12 nitrogen and oxygen atoms in total. The second-order valence-electron chi connectivity index (χ2n) is 12.9. The van der Waals surface area contributed by atoms with Crippen LogP contribution >= 0.6 is 0 Å². The van der Waals surface area contributed by atoms with Crippen LogP contribution in [-0.4, -0.2) is 76.3 Å². The van der Waals surface area contributed by atoms with Crippen molar-refractivity contribution in [2.45, 2.75) is 76.3 Å². The molecule has 0 aliphatic carbocycles. The molecule has 1 unspecified atom stereocenters. The van der Waals surface area contributed by atoms with Gasteiger partial charge in [0.1, 0.15) is 11.6 Å². The number of alkyl halides is 6. The quantitative estimate of drug-likeness (QED) is 0.200. The third-order valence-corrected chi connectivity index (χ3v) is 8.74. The van der Waals surface area contributed by atoms with E-state index in [9.17, 15) is 62.3 Å². The van der Waals surface area contributed by atoms with Crippen molar-refractivity contribution < 1.29 is 62.3 Å². The van der Waals surface area contributed by atoms with Crippen molar-refractivity contribution in [2.24, 2.45) is 11.5 Å². The summed E-state index contributed by atoms with van der Waals surface area (Å²) in [5.41, 5.74) is 11.3. The van der Waals surface area contributed by atoms with E-state index in [1.165, 1.54) is 9.80 Å². The van der Waals surface area contributed by atoms with E-state index in [2.05, 4.69) is 20.4 Å². The Morgan fingerprint density at radius 3 is 1.23 bits per heavy atom. The summed E-state index contributed by atoms with van der Waals surface area (Å²) in [7, 11) is 0. The van der Waals surface area contributed by atoms with Crippen LogP contribution in [0.4, 0.5) is 52.7 Å². The first-order valence-corrected chi connectivity index (χ1v) is 16.4. The van der Waals surface area contributed by atoms with Gasteiger partial charge in [0.15, 0.2) is 34.9 Å². The van der Waals surface area contributed by atoms with Gasteiger partial charge in [-0.05, 0) is 36.1 Å². The van der Waals surface area contributed by atoms with E-state index in [4.69, 9.17) is 11.5 Å². The van der Waals surface area contributed by atoms with Crippen LogP contribution in [0.2, 0.25) is 0 Å². The van der Waals surface area contributed by atoms with Crippen molar-refractivity contribution >= 4 is 11.8 Å². The predicted molar refractivity (Wildman–Crippen MR) is 166 cm³/mol. The Labute approximate surface area is 308 Å². The molecule has 2 aliphatic heterocycles. The molecule has 2 amide bonds. The molecule has 0 spiro atoms. The highest BCUT2D eigenvalue weighted by Gasteiger charge is 2.41. The van der Waals surface area contributed by atoms with Crippen molar-refractivity contribution in [3.63, 3.8) is 0 Å². The third-order valence-electron chi connectivity index (χ3n) is 8.74. The fourth-order valence-corrected chi connectivity index (χ4v) is 6.02. The van der Waals surface area contributed by atoms with Crippen molar-refractivity contribution in [1.29, 1.82) is 0 Å². The smallest absolute Gasteiger partial charge is 0.333 e. The Balaban J connectivity index is 0.000000214. The van der Waals surface area contributed by atoms with Crippen LogP contribution in [0.15, 0.2) is 24.3 Å². The summed E-state index contributed by atoms with van der Waals surface area (Å²) in [6.45, 7) is -0.604. The van der Waals surface area contributed by atoms with Gasteiger partial charge in [-0.25, -0.2) is 26.3 Å². The molecule has 0 bridgehead atoms. The van der Waals surface area contributed by atoms with Gasteiger partial charge in [-0.15, -0.1) is 20.4 Å². The molecule has 4 aromatic rings. The molecule has 4 N–H and O–H groups in total. The van der Waals surface area contributed by atoms with Gasteiger partial charge < -0.3 is 30.4 Å². The van der Waals surface area contributed by atoms with Gasteiger partial charge in [-0.1, -0.05) is 0 Å². The first-order chi connectivity index (χ1) is 26.1. The Kier molecular flexibility index (Phi) is 12.3. The molecule has 2 aliphatic rings. The maximum Gasteiger partial charge on any atom is 0.451 e. The van der Waals surface area contributed by atoms with Crippen LogP contribution in [0, 0.1) is 34.9 Å². The molecule has 2 atom stereocenters. The van der Waals surface area contributed by atoms with Crippen LogP contribution in [0.5, 0.6) is 0 Å². The molecule has 2 aromatic carbocycles. The molecule has 304 valence electrons. The standard InChI is InChI=1S/2C16H15F6N5O/c2*17-10-6-12(19)11(18)4-8(10)3-9(23)5-14(28)26-1-2-27-13(7-26)24-25-15(27)16(20,21)22/h2*4,6,9H,1-3,5,7,23H2/t9-;/m1./s1. The Morgan fingerprint density at radius 1 is 0.554 bits per heavy atom. The first-order valence-electron chi connectivity index (χ1n) is 16.4. The molecule has 4 heterocycles. The monoisotopic (exact) mass is 814 g/mol. The molecule has 2 aromatic heterocycles. The van der Waals surface area contributed by atoms with E-state index in [1.54, 1.807) is 0 Å². The summed E-state index contributed by atoms with van der Waals surface area (Å²) in [5.74, 6) is -10.3. The number of rotatable bonds is 8. The Hall–Kier alpha value is -5.26. The fraction of sp³-hybridized carbons (Fsp3) is 0.438. The highest BCUT2D eigenvalue weighted by atomic mass is 19.4. The molecule has 0 saturated carbocycles. The SMILES string of the molecule is NC(CC(=O)N1CCn2c(nnc2C(F)(F)F)C1)Cc1cc(F)c(F)cc1F.N[C@@H](CC(=O)N1CCn2c(nnc2C(F)(F)F)C1)Cc1cc(F)c(F)cc1F. The molecule has 56 heavy (non-hydrogen) atoms. The van der Waals surface area contributed by atoms with Crippen LogP contribution in [0.1, 0.15) is 47.3 Å². The number of aromatic nitrogens is 6. The minimum atomic E-state index is -4.64. The van der Waals surface area contributed by atoms with Gasteiger partial charge >= 0.3 is 12.4 Å². The van der Waals surface area contributed by atoms with Gasteiger partial charge in [0, 0.05) is 63.2 Å². The molecule has 0 saturated heterocycles. The highest BCUT2D eigenvalue weighted by Crippen LogP contribution is 2.31. The molecule has 0 radical (unpaired) electrons. The lowest BCUT2D eigenvalue weighted by Crippen LogP contribution is -2.42. The van der Waals surface area contributed by atoms with E-state index in [0.717, 1.165) is 9.13 Å². The van der Waals surface area contributed by atoms with Crippen LogP contribution < -0.4 is 11.5 Å². The summed E-state index contributed by atoms with van der Waals surface area (Å²) < 4.78 is 159. The Morgan fingerprint density at radius 2 is 0.893 bits per heavy atom. The summed E-state index contributed by atoms with van der Waals surface area (Å²) in [6.07, 6.45) is -10.2. The number of benzene rings is 2. The van der Waals surface area contributed by atoms with Gasteiger partial charge in [-0.3, -0.25) is 9.59 Å². The summed E-state index contributed by atoms with van der Waals surface area (Å²) >= 11 is 0. The highest BCUT2D eigenvalue weighted by molar-refractivity contribution is 5.77. The van der Waals surface area contributed by atoms with E-state index in [1.807, 2.05) is 0 Å². The van der Waals surface area contributed by atoms with Gasteiger partial charge in [0.05, 0.1) is 13.1 Å². The zero-order chi connectivity index (χ0) is 41.3. The fourth-order valence-electron chi connectivity index (χ4n) is 6.02. The van der Waals surface area contributed by atoms with Gasteiger partial charge in [-0.2, -0.15) is 26.3 Å².